The van der Waals surface area contributed by atoms with Gasteiger partial charge in [-0.2, -0.15) is 0 Å². The molecule has 4 atom stereocenters. The zero-order valence-electron chi connectivity index (χ0n) is 20.4. The SMILES string of the molecule is CC(N)C(=O)NC(Cc1c[nH]c2ccccc12)C(=O)NC(CCCN=C(N)N)C(=O)NC(CO)C(=O)O. The van der Waals surface area contributed by atoms with Crippen LogP contribution in [0.4, 0.5) is 0 Å². The molecule has 1 aromatic carbocycles. The number of nitrogens with one attached hydrogen (secondary N) is 4. The molecule has 14 nitrogen and oxygen atoms in total. The molecule has 37 heavy (non-hydrogen) atoms. The maximum absolute atomic E-state index is 13.3. The van der Waals surface area contributed by atoms with Gasteiger partial charge < -0.3 is 48.3 Å². The zero-order chi connectivity index (χ0) is 27.5. The van der Waals surface area contributed by atoms with E-state index in [0.29, 0.717) is 0 Å². The number of hydrogen-bond acceptors (Lipinski definition) is 7. The Balaban J connectivity index is 2.26. The van der Waals surface area contributed by atoms with Crippen LogP contribution >= 0.6 is 0 Å². The summed E-state index contributed by atoms with van der Waals surface area (Å²) < 4.78 is 0. The van der Waals surface area contributed by atoms with Crippen LogP contribution in [0.25, 0.3) is 10.9 Å². The molecule has 0 spiro atoms. The summed E-state index contributed by atoms with van der Waals surface area (Å²) in [6.45, 7) is 0.782. The molecule has 0 aliphatic rings. The Labute approximate surface area is 213 Å². The van der Waals surface area contributed by atoms with Crippen molar-refractivity contribution in [3.63, 3.8) is 0 Å². The number of fused-ring (bicyclic) bond motifs is 1. The number of aliphatic carboxylic acids is 1. The Kier molecular flexibility index (Phi) is 10.8. The van der Waals surface area contributed by atoms with Crippen LogP contribution in [0, 0.1) is 0 Å². The summed E-state index contributed by atoms with van der Waals surface area (Å²) in [6, 6.07) is 2.67. The summed E-state index contributed by atoms with van der Waals surface area (Å²) in [4.78, 5) is 56.7. The summed E-state index contributed by atoms with van der Waals surface area (Å²) in [6.07, 6.45) is 2.13. The molecule has 202 valence electrons. The minimum absolute atomic E-state index is 0.0488. The number of aromatic amines is 1. The molecule has 1 heterocycles. The van der Waals surface area contributed by atoms with Crippen molar-refractivity contribution in [1.29, 1.82) is 0 Å². The quantitative estimate of drug-likeness (QED) is 0.0735. The Bertz CT molecular complexity index is 1130. The number of aliphatic imine (C=N–C) groups is 1. The Morgan fingerprint density at radius 2 is 1.62 bits per heavy atom. The first-order chi connectivity index (χ1) is 17.5. The van der Waals surface area contributed by atoms with E-state index < -0.39 is 54.5 Å². The van der Waals surface area contributed by atoms with E-state index in [0.717, 1.165) is 16.5 Å². The number of carboxylic acid groups (broad SMARTS) is 1. The molecule has 0 saturated carbocycles. The van der Waals surface area contributed by atoms with E-state index >= 15 is 0 Å². The highest BCUT2D eigenvalue weighted by Crippen LogP contribution is 2.19. The summed E-state index contributed by atoms with van der Waals surface area (Å²) in [5.74, 6) is -3.67. The molecular formula is C23H34N8O6. The molecule has 3 amide bonds. The lowest BCUT2D eigenvalue weighted by atomic mass is 10.0. The number of hydrogen-bond donors (Lipinski definition) is 9. The number of aromatic nitrogens is 1. The third kappa shape index (κ3) is 8.77. The second-order valence-corrected chi connectivity index (χ2v) is 8.51. The molecule has 2 aromatic rings. The van der Waals surface area contributed by atoms with E-state index in [9.17, 15) is 24.3 Å². The standard InChI is InChI=1S/C23H34N8O6/c1-12(24)19(33)30-17(9-13-10-28-15-6-3-2-5-14(13)15)21(35)29-16(7-4-8-27-23(25)26)20(34)31-18(11-32)22(36)37/h2-3,5-6,10,12,16-18,28,32H,4,7-9,11,24H2,1H3,(H,29,35)(H,30,33)(H,31,34)(H,36,37)(H4,25,26,27). The number of amides is 3. The monoisotopic (exact) mass is 518 g/mol. The smallest absolute Gasteiger partial charge is 0.328 e. The predicted octanol–water partition coefficient (Wildman–Crippen LogP) is -2.36. The lowest BCUT2D eigenvalue weighted by molar-refractivity contribution is -0.143. The van der Waals surface area contributed by atoms with Gasteiger partial charge in [0.2, 0.25) is 17.7 Å². The molecule has 0 saturated heterocycles. The topological polar surface area (TPSA) is 251 Å². The van der Waals surface area contributed by atoms with Gasteiger partial charge in [0.25, 0.3) is 0 Å². The van der Waals surface area contributed by atoms with Crippen LogP contribution in [0.2, 0.25) is 0 Å². The molecule has 1 aromatic heterocycles. The van der Waals surface area contributed by atoms with Gasteiger partial charge in [-0.25, -0.2) is 4.79 Å². The van der Waals surface area contributed by atoms with Crippen LogP contribution in [-0.2, 0) is 25.6 Å². The maximum atomic E-state index is 13.3. The lowest BCUT2D eigenvalue weighted by Gasteiger charge is -2.24. The summed E-state index contributed by atoms with van der Waals surface area (Å²) in [7, 11) is 0. The van der Waals surface area contributed by atoms with Crippen molar-refractivity contribution in [3.05, 3.63) is 36.0 Å². The predicted molar refractivity (Wildman–Crippen MR) is 136 cm³/mol. The van der Waals surface area contributed by atoms with Crippen molar-refractivity contribution in [2.24, 2.45) is 22.2 Å². The maximum Gasteiger partial charge on any atom is 0.328 e. The highest BCUT2D eigenvalue weighted by Gasteiger charge is 2.30. The number of rotatable bonds is 14. The number of nitrogens with zero attached hydrogens (tertiary/aromatic N) is 1. The number of carboxylic acids is 1. The van der Waals surface area contributed by atoms with E-state index in [1.165, 1.54) is 6.92 Å². The first-order valence-electron chi connectivity index (χ1n) is 11.6. The van der Waals surface area contributed by atoms with Crippen LogP contribution in [-0.4, -0.2) is 82.2 Å². The second-order valence-electron chi connectivity index (χ2n) is 8.51. The van der Waals surface area contributed by atoms with Crippen LogP contribution in [0.1, 0.15) is 25.3 Å². The zero-order valence-corrected chi connectivity index (χ0v) is 20.4. The van der Waals surface area contributed by atoms with Gasteiger partial charge >= 0.3 is 5.97 Å². The first-order valence-corrected chi connectivity index (χ1v) is 11.6. The van der Waals surface area contributed by atoms with Crippen molar-refractivity contribution < 1.29 is 29.4 Å². The number of nitrogens with two attached hydrogens (primary N) is 3. The summed E-state index contributed by atoms with van der Waals surface area (Å²) in [5.41, 5.74) is 17.9. The molecule has 0 bridgehead atoms. The van der Waals surface area contributed by atoms with Gasteiger partial charge in [-0.15, -0.1) is 0 Å². The van der Waals surface area contributed by atoms with Crippen molar-refractivity contribution in [1.82, 2.24) is 20.9 Å². The van der Waals surface area contributed by atoms with Gasteiger partial charge in [-0.3, -0.25) is 19.4 Å². The third-order valence-corrected chi connectivity index (χ3v) is 5.52. The Hall–Kier alpha value is -4.17. The van der Waals surface area contributed by atoms with Gasteiger partial charge in [0.05, 0.1) is 12.6 Å². The Morgan fingerprint density at radius 1 is 1.00 bits per heavy atom. The highest BCUT2D eigenvalue weighted by molar-refractivity contribution is 5.94. The van der Waals surface area contributed by atoms with E-state index in [2.05, 4.69) is 25.9 Å². The van der Waals surface area contributed by atoms with Crippen LogP contribution in [0.15, 0.2) is 35.5 Å². The second kappa shape index (κ2) is 13.8. The molecule has 0 fully saturated rings. The number of aliphatic hydroxyl groups is 1. The molecule has 12 N–H and O–H groups in total. The summed E-state index contributed by atoms with van der Waals surface area (Å²) >= 11 is 0. The van der Waals surface area contributed by atoms with Crippen molar-refractivity contribution in [2.75, 3.05) is 13.2 Å². The highest BCUT2D eigenvalue weighted by atomic mass is 16.4. The van der Waals surface area contributed by atoms with Gasteiger partial charge in [0, 0.05) is 30.1 Å². The molecule has 0 radical (unpaired) electrons. The van der Waals surface area contributed by atoms with Crippen LogP contribution < -0.4 is 33.2 Å². The van der Waals surface area contributed by atoms with Crippen LogP contribution in [0.3, 0.4) is 0 Å². The number of carbonyl (C=O) groups is 4. The molecule has 14 heteroatoms. The molecule has 2 rings (SSSR count). The first kappa shape index (κ1) is 29.1. The number of carbonyl (C=O) groups excluding carboxylic acids is 3. The third-order valence-electron chi connectivity index (χ3n) is 5.52. The van der Waals surface area contributed by atoms with Crippen molar-refractivity contribution >= 4 is 40.6 Å². The average molecular weight is 519 g/mol. The van der Waals surface area contributed by atoms with Crippen molar-refractivity contribution in [2.45, 2.75) is 50.4 Å². The van der Waals surface area contributed by atoms with Crippen molar-refractivity contribution in [3.8, 4) is 0 Å². The fourth-order valence-corrected chi connectivity index (χ4v) is 3.54. The summed E-state index contributed by atoms with van der Waals surface area (Å²) in [5, 5.41) is 26.6. The number of aliphatic hydroxyl groups excluding tert-OH is 1. The largest absolute Gasteiger partial charge is 0.480 e. The molecular weight excluding hydrogens is 484 g/mol. The van der Waals surface area contributed by atoms with Crippen LogP contribution in [0.5, 0.6) is 0 Å². The lowest BCUT2D eigenvalue weighted by Crippen LogP contribution is -2.57. The molecule has 0 aliphatic heterocycles. The minimum Gasteiger partial charge on any atom is -0.480 e. The van der Waals surface area contributed by atoms with Gasteiger partial charge in [-0.05, 0) is 31.4 Å². The number of guanidine groups is 1. The number of H-pyrrole nitrogens is 1. The molecule has 4 unspecified atom stereocenters. The van der Waals surface area contributed by atoms with Gasteiger partial charge in [0.15, 0.2) is 5.96 Å². The van der Waals surface area contributed by atoms with E-state index in [1.54, 1.807) is 6.20 Å². The average Bonchev–Trinajstić information content (AvgIpc) is 3.25. The fraction of sp³-hybridized carbons (Fsp3) is 0.435. The number of para-hydroxylation sites is 1. The molecule has 0 aliphatic carbocycles. The van der Waals surface area contributed by atoms with E-state index in [4.69, 9.17) is 22.3 Å². The van der Waals surface area contributed by atoms with Gasteiger partial charge in [0.1, 0.15) is 18.1 Å². The van der Waals surface area contributed by atoms with E-state index in [1.807, 2.05) is 24.3 Å². The van der Waals surface area contributed by atoms with Gasteiger partial charge in [-0.1, -0.05) is 18.2 Å². The normalized spacial score (nSPS) is 14.1. The number of benzene rings is 1. The fourth-order valence-electron chi connectivity index (χ4n) is 3.54. The minimum atomic E-state index is -1.57. The van der Waals surface area contributed by atoms with E-state index in [-0.39, 0.29) is 31.8 Å². The Morgan fingerprint density at radius 3 is 2.24 bits per heavy atom.